The molecule has 0 saturated carbocycles. The van der Waals surface area contributed by atoms with Crippen molar-refractivity contribution in [2.45, 2.75) is 12.3 Å². The topological polar surface area (TPSA) is 35.2 Å². The highest BCUT2D eigenvalue weighted by atomic mass is 35.5. The molecule has 0 radical (unpaired) electrons. The summed E-state index contributed by atoms with van der Waals surface area (Å²) in [6.45, 7) is 0.00985. The molecule has 6 heteroatoms. The number of para-hydroxylation sites is 1. The van der Waals surface area contributed by atoms with Crippen molar-refractivity contribution in [2.75, 3.05) is 6.54 Å². The van der Waals surface area contributed by atoms with Crippen LogP contribution in [0.1, 0.15) is 17.2 Å². The highest BCUT2D eigenvalue weighted by Gasteiger charge is 2.34. The van der Waals surface area contributed by atoms with Crippen molar-refractivity contribution in [1.29, 1.82) is 0 Å². The number of hydrogen-bond donors (Lipinski definition) is 1. The molecular formula is C15H13ClF3NO. The minimum Gasteiger partial charge on any atom is -0.484 e. The molecule has 21 heavy (non-hydrogen) atoms. The van der Waals surface area contributed by atoms with E-state index in [4.69, 9.17) is 22.1 Å². The molecule has 0 spiro atoms. The number of hydrogen-bond acceptors (Lipinski definition) is 2. The lowest BCUT2D eigenvalue weighted by atomic mass is 10.1. The van der Waals surface area contributed by atoms with Crippen LogP contribution in [-0.2, 0) is 6.18 Å². The maximum Gasteiger partial charge on any atom is 0.419 e. The van der Waals surface area contributed by atoms with Crippen LogP contribution in [0.15, 0.2) is 48.5 Å². The molecule has 2 nitrogen and oxygen atoms in total. The lowest BCUT2D eigenvalue weighted by molar-refractivity contribution is -0.139. The van der Waals surface area contributed by atoms with E-state index in [0.717, 1.165) is 6.07 Å². The summed E-state index contributed by atoms with van der Waals surface area (Å²) < 4.78 is 44.3. The zero-order valence-electron chi connectivity index (χ0n) is 10.9. The predicted molar refractivity (Wildman–Crippen MR) is 75.3 cm³/mol. The third-order valence-electron chi connectivity index (χ3n) is 2.93. The van der Waals surface area contributed by atoms with Crippen molar-refractivity contribution in [1.82, 2.24) is 0 Å². The fourth-order valence-corrected chi connectivity index (χ4v) is 2.19. The second kappa shape index (κ2) is 6.37. The first-order valence-corrected chi connectivity index (χ1v) is 6.58. The normalized spacial score (nSPS) is 13.0. The monoisotopic (exact) mass is 315 g/mol. The smallest absolute Gasteiger partial charge is 0.419 e. The molecule has 1 unspecified atom stereocenters. The SMILES string of the molecule is NCC(Oc1ccccc1C(F)(F)F)c1ccccc1Cl. The Balaban J connectivity index is 2.34. The molecule has 2 rings (SSSR count). The first-order valence-electron chi connectivity index (χ1n) is 6.21. The molecule has 2 aromatic carbocycles. The van der Waals surface area contributed by atoms with Gasteiger partial charge in [-0.1, -0.05) is 41.9 Å². The summed E-state index contributed by atoms with van der Waals surface area (Å²) in [4.78, 5) is 0. The zero-order chi connectivity index (χ0) is 15.5. The number of benzene rings is 2. The Hall–Kier alpha value is -1.72. The maximum absolute atomic E-state index is 12.9. The van der Waals surface area contributed by atoms with Crippen molar-refractivity contribution < 1.29 is 17.9 Å². The van der Waals surface area contributed by atoms with Crippen molar-refractivity contribution in [3.05, 3.63) is 64.7 Å². The molecule has 0 aliphatic rings. The Labute approximate surface area is 125 Å². The molecule has 0 bridgehead atoms. The molecule has 0 fully saturated rings. The van der Waals surface area contributed by atoms with Gasteiger partial charge in [-0.3, -0.25) is 0 Å². The van der Waals surface area contributed by atoms with Gasteiger partial charge >= 0.3 is 6.18 Å². The Kier molecular flexibility index (Phi) is 4.75. The number of nitrogens with two attached hydrogens (primary N) is 1. The van der Waals surface area contributed by atoms with E-state index in [2.05, 4.69) is 0 Å². The van der Waals surface area contributed by atoms with E-state index >= 15 is 0 Å². The van der Waals surface area contributed by atoms with Gasteiger partial charge in [0.25, 0.3) is 0 Å². The number of ether oxygens (including phenoxy) is 1. The average Bonchev–Trinajstić information content (AvgIpc) is 2.45. The van der Waals surface area contributed by atoms with E-state index in [0.29, 0.717) is 10.6 Å². The number of halogens is 4. The maximum atomic E-state index is 12.9. The standard InChI is InChI=1S/C15H13ClF3NO/c16-12-7-3-1-5-10(12)14(9-20)21-13-8-4-2-6-11(13)15(17,18)19/h1-8,14H,9,20H2. The fraction of sp³-hybridized carbons (Fsp3) is 0.200. The molecule has 0 aliphatic carbocycles. The zero-order valence-corrected chi connectivity index (χ0v) is 11.7. The minimum atomic E-state index is -4.49. The Morgan fingerprint density at radius 2 is 1.67 bits per heavy atom. The van der Waals surface area contributed by atoms with Crippen LogP contribution in [0, 0.1) is 0 Å². The average molecular weight is 316 g/mol. The summed E-state index contributed by atoms with van der Waals surface area (Å²) in [6, 6.07) is 11.8. The van der Waals surface area contributed by atoms with Crippen LogP contribution in [0.4, 0.5) is 13.2 Å². The van der Waals surface area contributed by atoms with E-state index in [1.165, 1.54) is 18.2 Å². The summed E-state index contributed by atoms with van der Waals surface area (Å²) in [7, 11) is 0. The highest BCUT2D eigenvalue weighted by Crippen LogP contribution is 2.38. The van der Waals surface area contributed by atoms with Gasteiger partial charge in [-0.15, -0.1) is 0 Å². The third kappa shape index (κ3) is 3.68. The summed E-state index contributed by atoms with van der Waals surface area (Å²) >= 11 is 6.04. The van der Waals surface area contributed by atoms with Gasteiger partial charge < -0.3 is 10.5 Å². The van der Waals surface area contributed by atoms with Gasteiger partial charge in [0.2, 0.25) is 0 Å². The molecule has 1 atom stereocenters. The highest BCUT2D eigenvalue weighted by molar-refractivity contribution is 6.31. The lowest BCUT2D eigenvalue weighted by Crippen LogP contribution is -2.20. The van der Waals surface area contributed by atoms with Crippen LogP contribution in [0.5, 0.6) is 5.75 Å². The lowest BCUT2D eigenvalue weighted by Gasteiger charge is -2.21. The Bertz CT molecular complexity index is 616. The largest absolute Gasteiger partial charge is 0.484 e. The van der Waals surface area contributed by atoms with E-state index < -0.39 is 17.8 Å². The first kappa shape index (κ1) is 15.7. The molecule has 2 aromatic rings. The van der Waals surface area contributed by atoms with Gasteiger partial charge in [0.05, 0.1) is 5.56 Å². The number of alkyl halides is 3. The fourth-order valence-electron chi connectivity index (χ4n) is 1.93. The molecular weight excluding hydrogens is 303 g/mol. The number of rotatable bonds is 4. The second-order valence-electron chi connectivity index (χ2n) is 4.36. The molecule has 0 aliphatic heterocycles. The van der Waals surface area contributed by atoms with Crippen LogP contribution >= 0.6 is 11.6 Å². The third-order valence-corrected chi connectivity index (χ3v) is 3.27. The predicted octanol–water partition coefficient (Wildman–Crippen LogP) is 4.44. The van der Waals surface area contributed by atoms with Crippen LogP contribution < -0.4 is 10.5 Å². The van der Waals surface area contributed by atoms with Gasteiger partial charge in [-0.25, -0.2) is 0 Å². The van der Waals surface area contributed by atoms with Gasteiger partial charge in [0.1, 0.15) is 11.9 Å². The van der Waals surface area contributed by atoms with Gasteiger partial charge in [0, 0.05) is 17.1 Å². The van der Waals surface area contributed by atoms with Crippen molar-refractivity contribution in [2.24, 2.45) is 5.73 Å². The van der Waals surface area contributed by atoms with Gasteiger partial charge in [-0.2, -0.15) is 13.2 Å². The molecule has 0 aromatic heterocycles. The van der Waals surface area contributed by atoms with Crippen LogP contribution in [-0.4, -0.2) is 6.54 Å². The van der Waals surface area contributed by atoms with E-state index in [-0.39, 0.29) is 12.3 Å². The van der Waals surface area contributed by atoms with Crippen molar-refractivity contribution in [3.63, 3.8) is 0 Å². The Morgan fingerprint density at radius 3 is 2.29 bits per heavy atom. The molecule has 0 saturated heterocycles. The molecule has 0 heterocycles. The Morgan fingerprint density at radius 1 is 1.05 bits per heavy atom. The van der Waals surface area contributed by atoms with Gasteiger partial charge in [0.15, 0.2) is 0 Å². The second-order valence-corrected chi connectivity index (χ2v) is 4.76. The molecule has 0 amide bonds. The van der Waals surface area contributed by atoms with Crippen molar-refractivity contribution >= 4 is 11.6 Å². The van der Waals surface area contributed by atoms with Crippen LogP contribution in [0.3, 0.4) is 0 Å². The van der Waals surface area contributed by atoms with E-state index in [9.17, 15) is 13.2 Å². The summed E-state index contributed by atoms with van der Waals surface area (Å²) in [5, 5.41) is 0.400. The molecule has 2 N–H and O–H groups in total. The quantitative estimate of drug-likeness (QED) is 0.905. The van der Waals surface area contributed by atoms with Crippen LogP contribution in [0.25, 0.3) is 0 Å². The van der Waals surface area contributed by atoms with E-state index in [1.807, 2.05) is 0 Å². The summed E-state index contributed by atoms with van der Waals surface area (Å²) in [6.07, 6.45) is -5.24. The van der Waals surface area contributed by atoms with E-state index in [1.54, 1.807) is 24.3 Å². The van der Waals surface area contributed by atoms with Crippen LogP contribution in [0.2, 0.25) is 5.02 Å². The first-order chi connectivity index (χ1) is 9.93. The molecule has 112 valence electrons. The minimum absolute atomic E-state index is 0.00985. The summed E-state index contributed by atoms with van der Waals surface area (Å²) in [5.41, 5.74) is 5.33. The summed E-state index contributed by atoms with van der Waals surface area (Å²) in [5.74, 6) is -0.264. The van der Waals surface area contributed by atoms with Crippen molar-refractivity contribution in [3.8, 4) is 5.75 Å². The van der Waals surface area contributed by atoms with Gasteiger partial charge in [-0.05, 0) is 18.2 Å².